The average Bonchev–Trinajstić information content (AvgIpc) is 2.84. The topological polar surface area (TPSA) is 124 Å². The molecule has 1 aromatic carbocycles. The summed E-state index contributed by atoms with van der Waals surface area (Å²) in [5, 5.41) is 20.0. The van der Waals surface area contributed by atoms with E-state index in [1.165, 1.54) is 4.68 Å². The molecule has 0 aliphatic carbocycles. The molecule has 1 amide bonds. The van der Waals surface area contributed by atoms with Crippen LogP contribution in [-0.4, -0.2) is 42.9 Å². The number of hydrogen-bond acceptors (Lipinski definition) is 6. The molecule has 0 aliphatic heterocycles. The summed E-state index contributed by atoms with van der Waals surface area (Å²) < 4.78 is 1.39. The Hall–Kier alpha value is -2.42. The Bertz CT molecular complexity index is 610. The molecule has 0 saturated carbocycles. The number of hydrogen-bond donors (Lipinski definition) is 2. The van der Waals surface area contributed by atoms with Gasteiger partial charge in [0.15, 0.2) is 0 Å². The molecule has 0 radical (unpaired) electrons. The van der Waals surface area contributed by atoms with Crippen LogP contribution < -0.4 is 5.73 Å². The van der Waals surface area contributed by atoms with Crippen molar-refractivity contribution in [2.45, 2.75) is 5.16 Å². The molecule has 0 bridgehead atoms. The van der Waals surface area contributed by atoms with E-state index in [1.54, 1.807) is 24.3 Å². The number of benzene rings is 1. The van der Waals surface area contributed by atoms with Crippen LogP contribution in [-0.2, 0) is 4.79 Å². The van der Waals surface area contributed by atoms with Gasteiger partial charge >= 0.3 is 5.97 Å². The van der Waals surface area contributed by atoms with Crippen molar-refractivity contribution in [3.05, 3.63) is 29.8 Å². The lowest BCUT2D eigenvalue weighted by Crippen LogP contribution is -2.11. The molecular formula is C10H9N5O3S. The number of primary amides is 1. The molecular weight excluding hydrogens is 270 g/mol. The van der Waals surface area contributed by atoms with Crippen LogP contribution in [0.3, 0.4) is 0 Å². The van der Waals surface area contributed by atoms with Gasteiger partial charge in [-0.2, -0.15) is 4.68 Å². The van der Waals surface area contributed by atoms with Crippen LogP contribution >= 0.6 is 11.8 Å². The van der Waals surface area contributed by atoms with E-state index in [2.05, 4.69) is 15.5 Å². The number of thioether (sulfide) groups is 1. The Morgan fingerprint density at radius 3 is 2.58 bits per heavy atom. The summed E-state index contributed by atoms with van der Waals surface area (Å²) in [6.07, 6.45) is 0. The molecule has 0 saturated heterocycles. The van der Waals surface area contributed by atoms with Crippen LogP contribution in [0.4, 0.5) is 0 Å². The summed E-state index contributed by atoms with van der Waals surface area (Å²) in [6.45, 7) is 0. The van der Waals surface area contributed by atoms with Gasteiger partial charge in [0.1, 0.15) is 0 Å². The van der Waals surface area contributed by atoms with Crippen molar-refractivity contribution in [2.75, 3.05) is 5.75 Å². The van der Waals surface area contributed by atoms with Crippen molar-refractivity contribution in [3.8, 4) is 5.69 Å². The zero-order chi connectivity index (χ0) is 13.8. The zero-order valence-electron chi connectivity index (χ0n) is 9.55. The maximum absolute atomic E-state index is 10.9. The highest BCUT2D eigenvalue weighted by molar-refractivity contribution is 7.99. The van der Waals surface area contributed by atoms with Crippen LogP contribution in [0.5, 0.6) is 0 Å². The number of nitrogens with zero attached hydrogens (tertiary/aromatic N) is 4. The number of carbonyl (C=O) groups excluding carboxylic acids is 1. The number of amides is 1. The SMILES string of the molecule is NC(=O)c1ccc(-n2nnnc2SCC(=O)O)cc1. The largest absolute Gasteiger partial charge is 0.481 e. The second-order valence-electron chi connectivity index (χ2n) is 3.47. The van der Waals surface area contributed by atoms with E-state index in [9.17, 15) is 9.59 Å². The highest BCUT2D eigenvalue weighted by Crippen LogP contribution is 2.18. The van der Waals surface area contributed by atoms with Crippen molar-refractivity contribution >= 4 is 23.6 Å². The van der Waals surface area contributed by atoms with Crippen LogP contribution in [0, 0.1) is 0 Å². The average molecular weight is 279 g/mol. The summed E-state index contributed by atoms with van der Waals surface area (Å²) in [5.41, 5.74) is 6.12. The highest BCUT2D eigenvalue weighted by atomic mass is 32.2. The summed E-state index contributed by atoms with van der Waals surface area (Å²) >= 11 is 1.00. The number of aromatic nitrogens is 4. The first kappa shape index (κ1) is 13.0. The molecule has 0 unspecified atom stereocenters. The first-order chi connectivity index (χ1) is 9.08. The number of tetrazole rings is 1. The standard InChI is InChI=1S/C10H9N5O3S/c11-9(18)6-1-3-7(4-2-6)15-10(12-13-14-15)19-5-8(16)17/h1-4H,5H2,(H2,11,18)(H,16,17). The van der Waals surface area contributed by atoms with Gasteiger partial charge in [-0.1, -0.05) is 11.8 Å². The van der Waals surface area contributed by atoms with Gasteiger partial charge in [0.25, 0.3) is 0 Å². The lowest BCUT2D eigenvalue weighted by Gasteiger charge is -2.03. The van der Waals surface area contributed by atoms with Gasteiger partial charge in [0.2, 0.25) is 11.1 Å². The van der Waals surface area contributed by atoms with Crippen LogP contribution in [0.2, 0.25) is 0 Å². The second-order valence-corrected chi connectivity index (χ2v) is 4.41. The molecule has 0 fully saturated rings. The van der Waals surface area contributed by atoms with E-state index >= 15 is 0 Å². The molecule has 8 nitrogen and oxygen atoms in total. The van der Waals surface area contributed by atoms with Gasteiger partial charge < -0.3 is 10.8 Å². The summed E-state index contributed by atoms with van der Waals surface area (Å²) in [5.74, 6) is -1.62. The molecule has 3 N–H and O–H groups in total. The first-order valence-electron chi connectivity index (χ1n) is 5.11. The third-order valence-electron chi connectivity index (χ3n) is 2.16. The first-order valence-corrected chi connectivity index (χ1v) is 6.09. The normalized spacial score (nSPS) is 10.3. The molecule has 1 aromatic heterocycles. The van der Waals surface area contributed by atoms with E-state index in [4.69, 9.17) is 10.8 Å². The molecule has 0 aliphatic rings. The third-order valence-corrected chi connectivity index (χ3v) is 3.07. The summed E-state index contributed by atoms with van der Waals surface area (Å²) in [7, 11) is 0. The lowest BCUT2D eigenvalue weighted by atomic mass is 10.2. The van der Waals surface area contributed by atoms with E-state index in [1.807, 2.05) is 0 Å². The quantitative estimate of drug-likeness (QED) is 0.734. The number of carboxylic acid groups (broad SMARTS) is 1. The Morgan fingerprint density at radius 2 is 2.00 bits per heavy atom. The maximum Gasteiger partial charge on any atom is 0.313 e. The molecule has 1 heterocycles. The molecule has 9 heteroatoms. The zero-order valence-corrected chi connectivity index (χ0v) is 10.4. The molecule has 0 atom stereocenters. The van der Waals surface area contributed by atoms with Crippen molar-refractivity contribution in [1.82, 2.24) is 20.2 Å². The molecule has 2 aromatic rings. The van der Waals surface area contributed by atoms with Gasteiger partial charge in [0.05, 0.1) is 11.4 Å². The maximum atomic E-state index is 10.9. The van der Waals surface area contributed by atoms with Crippen LogP contribution in [0.1, 0.15) is 10.4 Å². The third kappa shape index (κ3) is 3.07. The number of nitrogens with two attached hydrogens (primary N) is 1. The van der Waals surface area contributed by atoms with Gasteiger partial charge in [0, 0.05) is 5.56 Å². The monoisotopic (exact) mass is 279 g/mol. The molecule has 2 rings (SSSR count). The number of aliphatic carboxylic acids is 1. The van der Waals surface area contributed by atoms with Crippen LogP contribution in [0.25, 0.3) is 5.69 Å². The minimum Gasteiger partial charge on any atom is -0.481 e. The van der Waals surface area contributed by atoms with Crippen molar-refractivity contribution < 1.29 is 14.7 Å². The van der Waals surface area contributed by atoms with Crippen molar-refractivity contribution in [3.63, 3.8) is 0 Å². The number of carbonyl (C=O) groups is 2. The molecule has 19 heavy (non-hydrogen) atoms. The van der Waals surface area contributed by atoms with Crippen LogP contribution in [0.15, 0.2) is 29.4 Å². The lowest BCUT2D eigenvalue weighted by molar-refractivity contribution is -0.133. The Morgan fingerprint density at radius 1 is 1.32 bits per heavy atom. The second kappa shape index (κ2) is 5.48. The minimum absolute atomic E-state index is 0.139. The van der Waals surface area contributed by atoms with E-state index in [0.29, 0.717) is 16.4 Å². The van der Waals surface area contributed by atoms with E-state index < -0.39 is 11.9 Å². The van der Waals surface area contributed by atoms with Gasteiger partial charge in [-0.3, -0.25) is 9.59 Å². The predicted molar refractivity (Wildman–Crippen MR) is 66.0 cm³/mol. The molecule has 98 valence electrons. The molecule has 0 spiro atoms. The minimum atomic E-state index is -0.955. The fraction of sp³-hybridized carbons (Fsp3) is 0.100. The van der Waals surface area contributed by atoms with E-state index in [0.717, 1.165) is 11.8 Å². The van der Waals surface area contributed by atoms with Gasteiger partial charge in [-0.25, -0.2) is 0 Å². The van der Waals surface area contributed by atoms with Gasteiger partial charge in [-0.15, -0.1) is 5.10 Å². The van der Waals surface area contributed by atoms with E-state index in [-0.39, 0.29) is 5.75 Å². The smallest absolute Gasteiger partial charge is 0.313 e. The number of rotatable bonds is 5. The van der Waals surface area contributed by atoms with Gasteiger partial charge in [-0.05, 0) is 34.7 Å². The number of carboxylic acids is 1. The fourth-order valence-corrected chi connectivity index (χ4v) is 1.94. The summed E-state index contributed by atoms with van der Waals surface area (Å²) in [4.78, 5) is 21.5. The highest BCUT2D eigenvalue weighted by Gasteiger charge is 2.11. The van der Waals surface area contributed by atoms with Crippen molar-refractivity contribution in [1.29, 1.82) is 0 Å². The fourth-order valence-electron chi connectivity index (χ4n) is 1.32. The Kier molecular flexibility index (Phi) is 3.76. The predicted octanol–water partition coefficient (Wildman–Crippen LogP) is -0.0621. The Balaban J connectivity index is 2.24. The van der Waals surface area contributed by atoms with Crippen molar-refractivity contribution in [2.24, 2.45) is 5.73 Å². The summed E-state index contributed by atoms with van der Waals surface area (Å²) in [6, 6.07) is 6.35. The Labute approximate surface area is 111 Å².